The molecule has 21 heavy (non-hydrogen) atoms. The zero-order valence-corrected chi connectivity index (χ0v) is 10.4. The Labute approximate surface area is 116 Å². The van der Waals surface area contributed by atoms with Gasteiger partial charge in [-0.3, -0.25) is 0 Å². The number of nitrogens with two attached hydrogens (primary N) is 1. The van der Waals surface area contributed by atoms with Crippen LogP contribution < -0.4 is 5.73 Å². The summed E-state index contributed by atoms with van der Waals surface area (Å²) in [6.45, 7) is 0. The largest absolute Gasteiger partial charge is 0.419 e. The standard InChI is InChI=1S/C14H9F6N/c15-9-5-2-6-10(16)11(9)13(21)7-3-1-4-8(12(7)17)14(18,19)20/h1-6,13H,21H2. The van der Waals surface area contributed by atoms with Gasteiger partial charge in [0.25, 0.3) is 0 Å². The maximum absolute atomic E-state index is 13.9. The minimum atomic E-state index is -4.92. The molecule has 0 bridgehead atoms. The Morgan fingerprint density at radius 2 is 1.38 bits per heavy atom. The predicted octanol–water partition coefficient (Wildman–Crippen LogP) is 4.17. The molecule has 0 heterocycles. The van der Waals surface area contributed by atoms with Crippen molar-refractivity contribution in [3.8, 4) is 0 Å². The molecule has 0 aliphatic carbocycles. The van der Waals surface area contributed by atoms with Crippen LogP contribution in [-0.2, 0) is 6.18 Å². The van der Waals surface area contributed by atoms with Gasteiger partial charge in [-0.15, -0.1) is 0 Å². The predicted molar refractivity (Wildman–Crippen MR) is 63.8 cm³/mol. The van der Waals surface area contributed by atoms with Crippen molar-refractivity contribution in [2.45, 2.75) is 12.2 Å². The first-order valence-electron chi connectivity index (χ1n) is 5.78. The molecule has 0 aliphatic heterocycles. The number of alkyl halides is 3. The van der Waals surface area contributed by atoms with Gasteiger partial charge in [0, 0.05) is 11.1 Å². The molecule has 2 aromatic rings. The van der Waals surface area contributed by atoms with Crippen LogP contribution in [0.2, 0.25) is 0 Å². The molecular formula is C14H9F6N. The maximum Gasteiger partial charge on any atom is 0.419 e. The number of rotatable bonds is 2. The molecule has 1 unspecified atom stereocenters. The molecule has 1 nitrogen and oxygen atoms in total. The topological polar surface area (TPSA) is 26.0 Å². The Morgan fingerprint density at radius 3 is 1.90 bits per heavy atom. The van der Waals surface area contributed by atoms with Gasteiger partial charge in [0.1, 0.15) is 17.5 Å². The van der Waals surface area contributed by atoms with Crippen LogP contribution in [0.25, 0.3) is 0 Å². The van der Waals surface area contributed by atoms with Crippen molar-refractivity contribution in [2.24, 2.45) is 5.73 Å². The van der Waals surface area contributed by atoms with Crippen LogP contribution >= 0.6 is 0 Å². The van der Waals surface area contributed by atoms with E-state index in [1.54, 1.807) is 0 Å². The van der Waals surface area contributed by atoms with Gasteiger partial charge in [-0.25, -0.2) is 13.2 Å². The lowest BCUT2D eigenvalue weighted by Gasteiger charge is -2.17. The van der Waals surface area contributed by atoms with Crippen molar-refractivity contribution < 1.29 is 26.3 Å². The van der Waals surface area contributed by atoms with Crippen molar-refractivity contribution in [2.75, 3.05) is 0 Å². The Hall–Kier alpha value is -2.02. The van der Waals surface area contributed by atoms with E-state index in [-0.39, 0.29) is 0 Å². The van der Waals surface area contributed by atoms with Crippen molar-refractivity contribution >= 4 is 0 Å². The van der Waals surface area contributed by atoms with Crippen molar-refractivity contribution in [3.63, 3.8) is 0 Å². The van der Waals surface area contributed by atoms with Crippen molar-refractivity contribution in [1.29, 1.82) is 0 Å². The molecule has 0 amide bonds. The summed E-state index contributed by atoms with van der Waals surface area (Å²) < 4.78 is 79.0. The average molecular weight is 305 g/mol. The van der Waals surface area contributed by atoms with Gasteiger partial charge in [0.15, 0.2) is 0 Å². The van der Waals surface area contributed by atoms with Crippen LogP contribution in [0.1, 0.15) is 22.7 Å². The SMILES string of the molecule is NC(c1cccc(C(F)(F)F)c1F)c1c(F)cccc1F. The fourth-order valence-electron chi connectivity index (χ4n) is 1.97. The number of hydrogen-bond donors (Lipinski definition) is 1. The molecule has 0 fully saturated rings. The summed E-state index contributed by atoms with van der Waals surface area (Å²) >= 11 is 0. The highest BCUT2D eigenvalue weighted by Crippen LogP contribution is 2.35. The molecule has 2 rings (SSSR count). The van der Waals surface area contributed by atoms with Gasteiger partial charge in [0.05, 0.1) is 11.6 Å². The Bertz CT molecular complexity index is 645. The number of benzene rings is 2. The maximum atomic E-state index is 13.9. The van der Waals surface area contributed by atoms with E-state index in [0.29, 0.717) is 6.07 Å². The van der Waals surface area contributed by atoms with Crippen LogP contribution in [0.15, 0.2) is 36.4 Å². The number of hydrogen-bond acceptors (Lipinski definition) is 1. The highest BCUT2D eigenvalue weighted by atomic mass is 19.4. The van der Waals surface area contributed by atoms with Crippen LogP contribution in [0, 0.1) is 17.5 Å². The van der Waals surface area contributed by atoms with Crippen LogP contribution in [0.3, 0.4) is 0 Å². The van der Waals surface area contributed by atoms with Crippen LogP contribution in [0.5, 0.6) is 0 Å². The molecule has 1 atom stereocenters. The molecule has 0 radical (unpaired) electrons. The van der Waals surface area contributed by atoms with Crippen molar-refractivity contribution in [3.05, 3.63) is 70.5 Å². The minimum absolute atomic E-state index is 0.531. The third-order valence-corrected chi connectivity index (χ3v) is 2.98. The third kappa shape index (κ3) is 2.87. The monoisotopic (exact) mass is 305 g/mol. The zero-order chi connectivity index (χ0) is 15.8. The fourth-order valence-corrected chi connectivity index (χ4v) is 1.97. The van der Waals surface area contributed by atoms with E-state index in [9.17, 15) is 26.3 Å². The summed E-state index contributed by atoms with van der Waals surface area (Å²) in [5, 5.41) is 0. The molecule has 0 saturated carbocycles. The lowest BCUT2D eigenvalue weighted by Crippen LogP contribution is -2.19. The van der Waals surface area contributed by atoms with E-state index >= 15 is 0 Å². The first kappa shape index (κ1) is 15.4. The van der Waals surface area contributed by atoms with Gasteiger partial charge in [-0.2, -0.15) is 13.2 Å². The van der Waals surface area contributed by atoms with Gasteiger partial charge < -0.3 is 5.73 Å². The molecule has 7 heteroatoms. The molecule has 2 N–H and O–H groups in total. The van der Waals surface area contributed by atoms with E-state index in [1.807, 2.05) is 0 Å². The first-order chi connectivity index (χ1) is 9.73. The number of halogens is 6. The fraction of sp³-hybridized carbons (Fsp3) is 0.143. The highest BCUT2D eigenvalue weighted by molar-refractivity contribution is 5.37. The Morgan fingerprint density at radius 1 is 0.857 bits per heavy atom. The van der Waals surface area contributed by atoms with E-state index in [1.165, 1.54) is 0 Å². The summed E-state index contributed by atoms with van der Waals surface area (Å²) in [5.41, 5.74) is 2.69. The first-order valence-corrected chi connectivity index (χ1v) is 5.78. The molecule has 0 saturated heterocycles. The average Bonchev–Trinajstić information content (AvgIpc) is 2.37. The lowest BCUT2D eigenvalue weighted by molar-refractivity contribution is -0.140. The minimum Gasteiger partial charge on any atom is -0.320 e. The van der Waals surface area contributed by atoms with Gasteiger partial charge in [-0.1, -0.05) is 18.2 Å². The highest BCUT2D eigenvalue weighted by Gasteiger charge is 2.36. The summed E-state index contributed by atoms with van der Waals surface area (Å²) in [5.74, 6) is -3.75. The van der Waals surface area contributed by atoms with Gasteiger partial charge in [0.2, 0.25) is 0 Å². The van der Waals surface area contributed by atoms with E-state index in [2.05, 4.69) is 0 Å². The molecule has 0 aliphatic rings. The van der Waals surface area contributed by atoms with Gasteiger partial charge >= 0.3 is 6.18 Å². The molecule has 2 aromatic carbocycles. The van der Waals surface area contributed by atoms with E-state index in [4.69, 9.17) is 5.73 Å². The molecule has 112 valence electrons. The molecule has 0 aromatic heterocycles. The second-order valence-electron chi connectivity index (χ2n) is 4.32. The third-order valence-electron chi connectivity index (χ3n) is 2.98. The smallest absolute Gasteiger partial charge is 0.320 e. The summed E-state index contributed by atoms with van der Waals surface area (Å²) in [4.78, 5) is 0. The van der Waals surface area contributed by atoms with E-state index in [0.717, 1.165) is 30.3 Å². The Balaban J connectivity index is 2.57. The van der Waals surface area contributed by atoms with Gasteiger partial charge in [-0.05, 0) is 18.2 Å². The van der Waals surface area contributed by atoms with Crippen molar-refractivity contribution in [1.82, 2.24) is 0 Å². The summed E-state index contributed by atoms with van der Waals surface area (Å²) in [6.07, 6.45) is -4.92. The normalized spacial score (nSPS) is 13.3. The van der Waals surface area contributed by atoms with E-state index < -0.39 is 46.4 Å². The zero-order valence-electron chi connectivity index (χ0n) is 10.4. The second kappa shape index (κ2) is 5.40. The lowest BCUT2D eigenvalue weighted by atomic mass is 9.96. The molecule has 0 spiro atoms. The quantitative estimate of drug-likeness (QED) is 0.828. The molecular weight excluding hydrogens is 296 g/mol. The second-order valence-corrected chi connectivity index (χ2v) is 4.32. The summed E-state index contributed by atoms with van der Waals surface area (Å²) in [6, 6.07) is 3.59. The van der Waals surface area contributed by atoms with Crippen LogP contribution in [0.4, 0.5) is 26.3 Å². The Kier molecular flexibility index (Phi) is 3.95. The summed E-state index contributed by atoms with van der Waals surface area (Å²) in [7, 11) is 0. The van der Waals surface area contributed by atoms with Crippen LogP contribution in [-0.4, -0.2) is 0 Å².